The quantitative estimate of drug-likeness (QED) is 0.921. The lowest BCUT2D eigenvalue weighted by Crippen LogP contribution is -2.01. The van der Waals surface area contributed by atoms with Gasteiger partial charge in [0.15, 0.2) is 0 Å². The van der Waals surface area contributed by atoms with Crippen LogP contribution in [0.5, 0.6) is 5.88 Å². The van der Waals surface area contributed by atoms with Crippen LogP contribution in [0.15, 0.2) is 42.6 Å². The maximum atomic E-state index is 10.7. The zero-order valence-corrected chi connectivity index (χ0v) is 10.1. The zero-order chi connectivity index (χ0) is 13.0. The van der Waals surface area contributed by atoms with E-state index in [-0.39, 0.29) is 16.5 Å². The minimum absolute atomic E-state index is 0.0343. The number of hydrogen-bond donors (Lipinski definition) is 1. The first-order valence-electron chi connectivity index (χ1n) is 5.22. The number of pyridine rings is 1. The molecule has 1 aromatic heterocycles. The van der Waals surface area contributed by atoms with Gasteiger partial charge in [0, 0.05) is 6.20 Å². The van der Waals surface area contributed by atoms with E-state index in [0.29, 0.717) is 6.61 Å². The van der Waals surface area contributed by atoms with Crippen molar-refractivity contribution in [1.29, 1.82) is 0 Å². The molecule has 0 aliphatic rings. The first-order valence-corrected chi connectivity index (χ1v) is 5.60. The van der Waals surface area contributed by atoms with Crippen LogP contribution in [0.25, 0.3) is 0 Å². The summed E-state index contributed by atoms with van der Waals surface area (Å²) in [6, 6.07) is 10.9. The molecule has 0 saturated heterocycles. The molecule has 2 aromatic rings. The maximum absolute atomic E-state index is 10.7. The van der Waals surface area contributed by atoms with E-state index in [9.17, 15) is 4.79 Å². The van der Waals surface area contributed by atoms with Crippen molar-refractivity contribution in [2.24, 2.45) is 0 Å². The third-order valence-corrected chi connectivity index (χ3v) is 2.54. The summed E-state index contributed by atoms with van der Waals surface area (Å²) in [5.41, 5.74) is 1.02. The normalized spacial score (nSPS) is 10.1. The second-order valence-corrected chi connectivity index (χ2v) is 4.00. The first-order chi connectivity index (χ1) is 8.66. The van der Waals surface area contributed by atoms with Gasteiger partial charge < -0.3 is 9.84 Å². The highest BCUT2D eigenvalue weighted by atomic mass is 35.5. The van der Waals surface area contributed by atoms with Crippen LogP contribution in [0, 0.1) is 0 Å². The molecule has 18 heavy (non-hydrogen) atoms. The molecule has 92 valence electrons. The average Bonchev–Trinajstić information content (AvgIpc) is 2.38. The number of hydrogen-bond acceptors (Lipinski definition) is 3. The third-order valence-electron chi connectivity index (χ3n) is 2.27. The van der Waals surface area contributed by atoms with E-state index in [4.69, 9.17) is 21.4 Å². The summed E-state index contributed by atoms with van der Waals surface area (Å²) in [6.45, 7) is 0.333. The number of nitrogens with zero attached hydrogens (tertiary/aromatic N) is 1. The molecule has 1 heterocycles. The first kappa shape index (κ1) is 12.4. The number of carbonyl (C=O) groups is 1. The van der Waals surface area contributed by atoms with Gasteiger partial charge in [0.1, 0.15) is 11.6 Å². The van der Waals surface area contributed by atoms with Gasteiger partial charge in [-0.25, -0.2) is 9.78 Å². The lowest BCUT2D eigenvalue weighted by Gasteiger charge is -2.07. The monoisotopic (exact) mass is 263 g/mol. The van der Waals surface area contributed by atoms with Crippen molar-refractivity contribution in [3.63, 3.8) is 0 Å². The van der Waals surface area contributed by atoms with E-state index in [1.54, 1.807) is 0 Å². The van der Waals surface area contributed by atoms with Crippen molar-refractivity contribution in [1.82, 2.24) is 4.98 Å². The van der Waals surface area contributed by atoms with Crippen LogP contribution in [0.2, 0.25) is 5.02 Å². The summed E-state index contributed by atoms with van der Waals surface area (Å²) in [6.07, 6.45) is 1.22. The highest BCUT2D eigenvalue weighted by Crippen LogP contribution is 2.23. The molecule has 0 atom stereocenters. The molecule has 0 unspecified atom stereocenters. The summed E-state index contributed by atoms with van der Waals surface area (Å²) >= 11 is 5.89. The van der Waals surface area contributed by atoms with Crippen molar-refractivity contribution in [2.45, 2.75) is 6.61 Å². The predicted octanol–water partition coefficient (Wildman–Crippen LogP) is 3.01. The van der Waals surface area contributed by atoms with Crippen molar-refractivity contribution >= 4 is 17.6 Å². The molecule has 0 bridgehead atoms. The molecule has 0 spiro atoms. The number of benzene rings is 1. The molecule has 1 N–H and O–H groups in total. The van der Waals surface area contributed by atoms with Crippen LogP contribution < -0.4 is 4.74 Å². The van der Waals surface area contributed by atoms with E-state index >= 15 is 0 Å². The van der Waals surface area contributed by atoms with Gasteiger partial charge >= 0.3 is 5.97 Å². The minimum Gasteiger partial charge on any atom is -0.478 e. The van der Waals surface area contributed by atoms with E-state index in [2.05, 4.69) is 4.98 Å². The number of carboxylic acids is 1. The Bertz CT molecular complexity index is 557. The Morgan fingerprint density at radius 1 is 1.33 bits per heavy atom. The highest BCUT2D eigenvalue weighted by molar-refractivity contribution is 6.32. The zero-order valence-electron chi connectivity index (χ0n) is 9.34. The standard InChI is InChI=1S/C13H10ClNO3/c14-11-6-10(13(16)17)7-15-12(11)18-8-9-4-2-1-3-5-9/h1-7H,8H2,(H,16,17). The molecular weight excluding hydrogens is 254 g/mol. The molecule has 0 fully saturated rings. The second-order valence-electron chi connectivity index (χ2n) is 3.59. The average molecular weight is 264 g/mol. The second kappa shape index (κ2) is 5.51. The van der Waals surface area contributed by atoms with Gasteiger partial charge in [0.25, 0.3) is 0 Å². The number of aromatic carboxylic acids is 1. The summed E-state index contributed by atoms with van der Waals surface area (Å²) in [5, 5.41) is 8.95. The van der Waals surface area contributed by atoms with E-state index < -0.39 is 5.97 Å². The lowest BCUT2D eigenvalue weighted by atomic mass is 10.2. The Hall–Kier alpha value is -2.07. The fraction of sp³-hybridized carbons (Fsp3) is 0.0769. The summed E-state index contributed by atoms with van der Waals surface area (Å²) in [5.74, 6) is -0.843. The molecule has 5 heteroatoms. The highest BCUT2D eigenvalue weighted by Gasteiger charge is 2.09. The molecule has 0 aliphatic carbocycles. The Morgan fingerprint density at radius 2 is 2.06 bits per heavy atom. The van der Waals surface area contributed by atoms with Gasteiger partial charge in [0.05, 0.1) is 5.56 Å². The molecule has 0 saturated carbocycles. The number of ether oxygens (including phenoxy) is 1. The maximum Gasteiger partial charge on any atom is 0.337 e. The van der Waals surface area contributed by atoms with Crippen molar-refractivity contribution in [3.05, 3.63) is 58.7 Å². The summed E-state index contributed by atoms with van der Waals surface area (Å²) in [4.78, 5) is 14.6. The van der Waals surface area contributed by atoms with Gasteiger partial charge in [0.2, 0.25) is 5.88 Å². The van der Waals surface area contributed by atoms with E-state index in [1.165, 1.54) is 12.3 Å². The van der Waals surface area contributed by atoms with Crippen molar-refractivity contribution < 1.29 is 14.6 Å². The predicted molar refractivity (Wildman–Crippen MR) is 67.0 cm³/mol. The Morgan fingerprint density at radius 3 is 2.67 bits per heavy atom. The largest absolute Gasteiger partial charge is 0.478 e. The summed E-state index contributed by atoms with van der Waals surface area (Å²) in [7, 11) is 0. The fourth-order valence-electron chi connectivity index (χ4n) is 1.37. The number of halogens is 1. The van der Waals surface area contributed by atoms with Crippen LogP contribution >= 0.6 is 11.6 Å². The number of aromatic nitrogens is 1. The number of rotatable bonds is 4. The SMILES string of the molecule is O=C(O)c1cnc(OCc2ccccc2)c(Cl)c1. The fourth-order valence-corrected chi connectivity index (χ4v) is 1.60. The van der Waals surface area contributed by atoms with Crippen LogP contribution in [0.1, 0.15) is 15.9 Å². The summed E-state index contributed by atoms with van der Waals surface area (Å²) < 4.78 is 5.42. The van der Waals surface area contributed by atoms with E-state index in [0.717, 1.165) is 5.56 Å². The van der Waals surface area contributed by atoms with Gasteiger partial charge in [-0.15, -0.1) is 0 Å². The van der Waals surface area contributed by atoms with Gasteiger partial charge in [-0.2, -0.15) is 0 Å². The van der Waals surface area contributed by atoms with Crippen LogP contribution in [0.4, 0.5) is 0 Å². The van der Waals surface area contributed by atoms with E-state index in [1.807, 2.05) is 30.3 Å². The Kier molecular flexibility index (Phi) is 3.79. The van der Waals surface area contributed by atoms with Crippen LogP contribution in [-0.2, 0) is 6.61 Å². The molecular formula is C13H10ClNO3. The molecule has 0 aliphatic heterocycles. The van der Waals surface area contributed by atoms with Crippen LogP contribution in [0.3, 0.4) is 0 Å². The molecule has 4 nitrogen and oxygen atoms in total. The number of carboxylic acid groups (broad SMARTS) is 1. The van der Waals surface area contributed by atoms with Crippen molar-refractivity contribution in [2.75, 3.05) is 0 Å². The van der Waals surface area contributed by atoms with Crippen LogP contribution in [-0.4, -0.2) is 16.1 Å². The molecule has 2 rings (SSSR count). The Labute approximate surface area is 109 Å². The third kappa shape index (κ3) is 2.99. The van der Waals surface area contributed by atoms with Gasteiger partial charge in [-0.1, -0.05) is 41.9 Å². The van der Waals surface area contributed by atoms with Crippen molar-refractivity contribution in [3.8, 4) is 5.88 Å². The molecule has 0 radical (unpaired) electrons. The van der Waals surface area contributed by atoms with Gasteiger partial charge in [-0.05, 0) is 11.6 Å². The van der Waals surface area contributed by atoms with Gasteiger partial charge in [-0.3, -0.25) is 0 Å². The topological polar surface area (TPSA) is 59.4 Å². The molecule has 1 aromatic carbocycles. The smallest absolute Gasteiger partial charge is 0.337 e. The molecule has 0 amide bonds. The lowest BCUT2D eigenvalue weighted by molar-refractivity contribution is 0.0696. The Balaban J connectivity index is 2.08. The minimum atomic E-state index is -1.07.